The molecule has 2 aliphatic heterocycles. The summed E-state index contributed by atoms with van der Waals surface area (Å²) in [7, 11) is 0. The zero-order valence-corrected chi connectivity index (χ0v) is 15.8. The molecule has 24 heavy (non-hydrogen) atoms. The van der Waals surface area contributed by atoms with Gasteiger partial charge in [-0.15, -0.1) is 24.8 Å². The van der Waals surface area contributed by atoms with E-state index in [2.05, 4.69) is 4.90 Å². The minimum Gasteiger partial charge on any atom is -0.399 e. The number of benzene rings is 1. The Bertz CT molecular complexity index is 503. The molecule has 0 aliphatic carbocycles. The first kappa shape index (κ1) is 21.1. The van der Waals surface area contributed by atoms with Gasteiger partial charge in [0.2, 0.25) is 5.91 Å². The van der Waals surface area contributed by atoms with E-state index in [0.717, 1.165) is 30.8 Å². The van der Waals surface area contributed by atoms with Crippen molar-refractivity contribution in [2.75, 3.05) is 38.5 Å². The fourth-order valence-corrected chi connectivity index (χ4v) is 3.64. The molecule has 0 aromatic heterocycles. The lowest BCUT2D eigenvalue weighted by atomic mass is 10.1. The number of likely N-dealkylation sites (tertiary alicyclic amines) is 2. The van der Waals surface area contributed by atoms with Crippen LogP contribution in [0.4, 0.5) is 5.69 Å². The van der Waals surface area contributed by atoms with Crippen molar-refractivity contribution < 1.29 is 4.79 Å². The summed E-state index contributed by atoms with van der Waals surface area (Å²) < 4.78 is 0. The number of anilines is 1. The first-order chi connectivity index (χ1) is 10.7. The average Bonchev–Trinajstić information content (AvgIpc) is 2.99. The molecule has 1 amide bonds. The zero-order chi connectivity index (χ0) is 15.4. The van der Waals surface area contributed by atoms with E-state index in [-0.39, 0.29) is 30.7 Å². The number of hydrogen-bond donors (Lipinski definition) is 1. The Balaban J connectivity index is 0.00000144. The van der Waals surface area contributed by atoms with E-state index >= 15 is 0 Å². The Kier molecular flexibility index (Phi) is 8.88. The Morgan fingerprint density at radius 1 is 1.04 bits per heavy atom. The van der Waals surface area contributed by atoms with Gasteiger partial charge in [0.05, 0.1) is 6.42 Å². The number of amides is 1. The van der Waals surface area contributed by atoms with Crippen LogP contribution in [0, 0.1) is 5.92 Å². The predicted octanol–water partition coefficient (Wildman–Crippen LogP) is 2.99. The summed E-state index contributed by atoms with van der Waals surface area (Å²) in [5.41, 5.74) is 7.49. The van der Waals surface area contributed by atoms with Gasteiger partial charge >= 0.3 is 0 Å². The maximum absolute atomic E-state index is 12.4. The number of rotatable bonds is 4. The molecule has 0 saturated carbocycles. The summed E-state index contributed by atoms with van der Waals surface area (Å²) in [4.78, 5) is 17.1. The van der Waals surface area contributed by atoms with E-state index in [1.807, 2.05) is 29.2 Å². The third-order valence-corrected chi connectivity index (χ3v) is 4.94. The highest BCUT2D eigenvalue weighted by Crippen LogP contribution is 2.20. The van der Waals surface area contributed by atoms with E-state index in [1.54, 1.807) is 0 Å². The van der Waals surface area contributed by atoms with Crippen molar-refractivity contribution in [3.8, 4) is 0 Å². The SMILES string of the molecule is Cl.Cl.Nc1ccc(CC(=O)N2CCC(CN3CCCCC3)C2)cc1. The first-order valence-electron chi connectivity index (χ1n) is 8.55. The molecule has 2 aliphatic rings. The number of hydrogen-bond acceptors (Lipinski definition) is 3. The Morgan fingerprint density at radius 2 is 1.71 bits per heavy atom. The van der Waals surface area contributed by atoms with Gasteiger partial charge in [-0.3, -0.25) is 4.79 Å². The molecule has 0 bridgehead atoms. The summed E-state index contributed by atoms with van der Waals surface area (Å²) in [5, 5.41) is 0. The van der Waals surface area contributed by atoms with Crippen LogP contribution < -0.4 is 5.73 Å². The molecule has 1 unspecified atom stereocenters. The van der Waals surface area contributed by atoms with E-state index in [1.165, 1.54) is 38.9 Å². The summed E-state index contributed by atoms with van der Waals surface area (Å²) in [5.74, 6) is 0.916. The van der Waals surface area contributed by atoms with Gasteiger partial charge in [0.15, 0.2) is 0 Å². The van der Waals surface area contributed by atoms with Gasteiger partial charge in [-0.1, -0.05) is 18.6 Å². The van der Waals surface area contributed by atoms with Crippen molar-refractivity contribution in [2.45, 2.75) is 32.1 Å². The van der Waals surface area contributed by atoms with Crippen LogP contribution in [0.15, 0.2) is 24.3 Å². The smallest absolute Gasteiger partial charge is 0.226 e. The Labute approximate surface area is 157 Å². The van der Waals surface area contributed by atoms with E-state index in [9.17, 15) is 4.79 Å². The lowest BCUT2D eigenvalue weighted by Crippen LogP contribution is -2.36. The van der Waals surface area contributed by atoms with Crippen LogP contribution in [0.25, 0.3) is 0 Å². The molecule has 1 atom stereocenters. The van der Waals surface area contributed by atoms with E-state index in [4.69, 9.17) is 5.73 Å². The molecule has 2 fully saturated rings. The number of halogens is 2. The minimum atomic E-state index is 0. The summed E-state index contributed by atoms with van der Waals surface area (Å²) in [6.07, 6.45) is 5.72. The van der Waals surface area contributed by atoms with Crippen molar-refractivity contribution in [3.05, 3.63) is 29.8 Å². The normalized spacial score (nSPS) is 21.0. The van der Waals surface area contributed by atoms with Crippen molar-refractivity contribution in [2.24, 2.45) is 5.92 Å². The summed E-state index contributed by atoms with van der Waals surface area (Å²) in [6.45, 7) is 5.52. The fraction of sp³-hybridized carbons (Fsp3) is 0.611. The molecule has 2 saturated heterocycles. The third-order valence-electron chi connectivity index (χ3n) is 4.94. The second-order valence-electron chi connectivity index (χ2n) is 6.77. The van der Waals surface area contributed by atoms with Crippen molar-refractivity contribution in [1.29, 1.82) is 0 Å². The van der Waals surface area contributed by atoms with Gasteiger partial charge in [0.1, 0.15) is 0 Å². The van der Waals surface area contributed by atoms with Crippen molar-refractivity contribution >= 4 is 36.4 Å². The lowest BCUT2D eigenvalue weighted by molar-refractivity contribution is -0.129. The summed E-state index contributed by atoms with van der Waals surface area (Å²) in [6, 6.07) is 7.64. The Hall–Kier alpha value is -0.970. The molecule has 1 aromatic rings. The van der Waals surface area contributed by atoms with Crippen LogP contribution in [0.3, 0.4) is 0 Å². The highest BCUT2D eigenvalue weighted by Gasteiger charge is 2.27. The van der Waals surface area contributed by atoms with Gasteiger partial charge in [0.25, 0.3) is 0 Å². The number of piperidine rings is 1. The number of nitrogen functional groups attached to an aromatic ring is 1. The number of nitrogens with two attached hydrogens (primary N) is 1. The Morgan fingerprint density at radius 3 is 2.38 bits per heavy atom. The highest BCUT2D eigenvalue weighted by molar-refractivity contribution is 5.85. The fourth-order valence-electron chi connectivity index (χ4n) is 3.64. The molecule has 3 rings (SSSR count). The monoisotopic (exact) mass is 373 g/mol. The molecule has 0 spiro atoms. The van der Waals surface area contributed by atoms with Crippen LogP contribution in [-0.2, 0) is 11.2 Å². The van der Waals surface area contributed by atoms with Crippen molar-refractivity contribution in [1.82, 2.24) is 9.80 Å². The summed E-state index contributed by atoms with van der Waals surface area (Å²) >= 11 is 0. The second kappa shape index (κ2) is 10.1. The van der Waals surface area contributed by atoms with Crippen LogP contribution in [0.1, 0.15) is 31.2 Å². The number of carbonyl (C=O) groups excluding carboxylic acids is 1. The average molecular weight is 374 g/mol. The van der Waals surface area contributed by atoms with Gasteiger partial charge in [0, 0.05) is 25.3 Å². The topological polar surface area (TPSA) is 49.6 Å². The van der Waals surface area contributed by atoms with E-state index < -0.39 is 0 Å². The van der Waals surface area contributed by atoms with Crippen LogP contribution in [0.2, 0.25) is 0 Å². The standard InChI is InChI=1S/C18H27N3O.2ClH/c19-17-6-4-15(5-7-17)12-18(22)21-11-8-16(14-21)13-20-9-2-1-3-10-20;;/h4-7,16H,1-3,8-14,19H2;2*1H. The highest BCUT2D eigenvalue weighted by atomic mass is 35.5. The molecule has 2 N–H and O–H groups in total. The number of nitrogens with zero attached hydrogens (tertiary/aromatic N) is 2. The molecule has 6 heteroatoms. The third kappa shape index (κ3) is 5.83. The molecule has 2 heterocycles. The molecule has 1 aromatic carbocycles. The zero-order valence-electron chi connectivity index (χ0n) is 14.2. The molecule has 136 valence electrons. The molecular formula is C18H29Cl2N3O. The van der Waals surface area contributed by atoms with Gasteiger partial charge in [-0.2, -0.15) is 0 Å². The minimum absolute atomic E-state index is 0. The predicted molar refractivity (Wildman–Crippen MR) is 104 cm³/mol. The van der Waals surface area contributed by atoms with Crippen LogP contribution in [-0.4, -0.2) is 48.4 Å². The maximum Gasteiger partial charge on any atom is 0.226 e. The molecule has 0 radical (unpaired) electrons. The first-order valence-corrected chi connectivity index (χ1v) is 8.55. The quantitative estimate of drug-likeness (QED) is 0.825. The second-order valence-corrected chi connectivity index (χ2v) is 6.77. The molecular weight excluding hydrogens is 345 g/mol. The van der Waals surface area contributed by atoms with Crippen LogP contribution >= 0.6 is 24.8 Å². The van der Waals surface area contributed by atoms with Crippen LogP contribution in [0.5, 0.6) is 0 Å². The van der Waals surface area contributed by atoms with E-state index in [0.29, 0.717) is 12.3 Å². The molecule has 4 nitrogen and oxygen atoms in total. The van der Waals surface area contributed by atoms with Gasteiger partial charge in [-0.25, -0.2) is 0 Å². The maximum atomic E-state index is 12.4. The van der Waals surface area contributed by atoms with Crippen molar-refractivity contribution in [3.63, 3.8) is 0 Å². The number of carbonyl (C=O) groups is 1. The largest absolute Gasteiger partial charge is 0.399 e. The van der Waals surface area contributed by atoms with Gasteiger partial charge < -0.3 is 15.5 Å². The lowest BCUT2D eigenvalue weighted by Gasteiger charge is -2.29. The van der Waals surface area contributed by atoms with Gasteiger partial charge in [-0.05, 0) is 56.0 Å².